The maximum atomic E-state index is 12.0. The molecule has 1 aromatic rings. The van der Waals surface area contributed by atoms with Crippen LogP contribution in [0.25, 0.3) is 5.57 Å². The van der Waals surface area contributed by atoms with Gasteiger partial charge in [0.15, 0.2) is 5.82 Å². The van der Waals surface area contributed by atoms with Gasteiger partial charge in [0.2, 0.25) is 5.72 Å². The molecule has 2 unspecified atom stereocenters. The van der Waals surface area contributed by atoms with Crippen molar-refractivity contribution in [1.82, 2.24) is 15.0 Å². The second kappa shape index (κ2) is 4.19. The Kier molecular flexibility index (Phi) is 2.41. The van der Waals surface area contributed by atoms with Gasteiger partial charge >= 0.3 is 11.9 Å². The zero-order chi connectivity index (χ0) is 15.8. The summed E-state index contributed by atoms with van der Waals surface area (Å²) in [5.41, 5.74) is -0.512. The molecule has 120 valence electrons. The number of fused-ring (bicyclic) bond motifs is 1. The van der Waals surface area contributed by atoms with Crippen LogP contribution in [-0.2, 0) is 19.1 Å². The molecule has 0 amide bonds. The summed E-state index contributed by atoms with van der Waals surface area (Å²) in [4.78, 5) is 30.2. The second-order valence-corrected chi connectivity index (χ2v) is 6.60. The maximum absolute atomic E-state index is 12.0. The zero-order valence-electron chi connectivity index (χ0n) is 12.6. The molecule has 1 aromatic heterocycles. The molecule has 3 bridgehead atoms. The van der Waals surface area contributed by atoms with Crippen molar-refractivity contribution in [3.63, 3.8) is 0 Å². The standard InChI is InChI=1S/C15H15N3O5/c1-18-8-4-5-15(18)10(9(6-8)21-13(19)14(20)22-15)12-16-11(17-23-12)7-2-3-7/h7-8H,2-6H2,1H3. The first-order chi connectivity index (χ1) is 11.1. The van der Waals surface area contributed by atoms with Gasteiger partial charge in [-0.05, 0) is 26.3 Å². The minimum absolute atomic E-state index is 0.165. The number of aromatic nitrogens is 2. The Bertz CT molecular complexity index is 765. The van der Waals surface area contributed by atoms with Gasteiger partial charge in [0.1, 0.15) is 11.3 Å². The number of likely N-dealkylation sites (N-methyl/N-ethyl adjacent to an activating group) is 1. The van der Waals surface area contributed by atoms with Gasteiger partial charge in [-0.15, -0.1) is 0 Å². The van der Waals surface area contributed by atoms with Gasteiger partial charge in [0.25, 0.3) is 5.89 Å². The van der Waals surface area contributed by atoms with Crippen molar-refractivity contribution in [3.05, 3.63) is 17.5 Å². The molecule has 2 atom stereocenters. The van der Waals surface area contributed by atoms with Crippen LogP contribution in [0.15, 0.2) is 10.3 Å². The van der Waals surface area contributed by atoms with Crippen LogP contribution in [0.5, 0.6) is 0 Å². The monoisotopic (exact) mass is 317 g/mol. The second-order valence-electron chi connectivity index (χ2n) is 6.60. The average Bonchev–Trinajstić information content (AvgIpc) is 3.24. The van der Waals surface area contributed by atoms with Crippen molar-refractivity contribution in [1.29, 1.82) is 0 Å². The molecule has 1 saturated heterocycles. The van der Waals surface area contributed by atoms with E-state index in [4.69, 9.17) is 14.0 Å². The Labute approximate surface area is 131 Å². The summed E-state index contributed by atoms with van der Waals surface area (Å²) in [6.07, 6.45) is 4.06. The maximum Gasteiger partial charge on any atom is 0.422 e. The fourth-order valence-corrected chi connectivity index (χ4v) is 3.85. The van der Waals surface area contributed by atoms with E-state index >= 15 is 0 Å². The number of rotatable bonds is 2. The molecule has 5 rings (SSSR count). The molecule has 0 N–H and O–H groups in total. The lowest BCUT2D eigenvalue weighted by Crippen LogP contribution is -2.51. The highest BCUT2D eigenvalue weighted by Crippen LogP contribution is 2.52. The van der Waals surface area contributed by atoms with Crippen molar-refractivity contribution in [2.45, 2.75) is 49.8 Å². The molecule has 4 heterocycles. The summed E-state index contributed by atoms with van der Waals surface area (Å²) in [6.45, 7) is 0. The molecule has 1 aliphatic carbocycles. The lowest BCUT2D eigenvalue weighted by Gasteiger charge is -2.40. The van der Waals surface area contributed by atoms with Crippen LogP contribution < -0.4 is 0 Å². The molecule has 1 spiro atoms. The third kappa shape index (κ3) is 1.69. The predicted molar refractivity (Wildman–Crippen MR) is 73.5 cm³/mol. The highest BCUT2D eigenvalue weighted by Gasteiger charge is 2.59. The van der Waals surface area contributed by atoms with Crippen LogP contribution in [0.1, 0.15) is 49.7 Å². The summed E-state index contributed by atoms with van der Waals surface area (Å²) in [5, 5.41) is 4.03. The fraction of sp³-hybridized carbons (Fsp3) is 0.600. The Balaban J connectivity index is 1.69. The lowest BCUT2D eigenvalue weighted by atomic mass is 9.95. The van der Waals surface area contributed by atoms with Crippen molar-refractivity contribution < 1.29 is 23.6 Å². The van der Waals surface area contributed by atoms with Gasteiger partial charge in [-0.1, -0.05) is 5.16 Å². The number of carbonyl (C=O) groups is 2. The van der Waals surface area contributed by atoms with Crippen molar-refractivity contribution in [2.24, 2.45) is 0 Å². The Hall–Kier alpha value is -2.22. The molecule has 0 radical (unpaired) electrons. The number of nitrogens with zero attached hydrogens (tertiary/aromatic N) is 3. The molecule has 3 aliphatic heterocycles. The van der Waals surface area contributed by atoms with E-state index in [0.717, 1.165) is 19.3 Å². The number of esters is 2. The van der Waals surface area contributed by atoms with E-state index in [-0.39, 0.29) is 11.9 Å². The summed E-state index contributed by atoms with van der Waals surface area (Å²) in [6, 6.07) is 0.165. The quantitative estimate of drug-likeness (QED) is 0.588. The van der Waals surface area contributed by atoms with Crippen LogP contribution >= 0.6 is 0 Å². The van der Waals surface area contributed by atoms with Crippen LogP contribution in [0, 0.1) is 0 Å². The first-order valence-corrected chi connectivity index (χ1v) is 7.84. The van der Waals surface area contributed by atoms with E-state index in [1.807, 2.05) is 11.9 Å². The molecule has 1 saturated carbocycles. The zero-order valence-corrected chi connectivity index (χ0v) is 12.6. The fourth-order valence-electron chi connectivity index (χ4n) is 3.85. The van der Waals surface area contributed by atoms with Gasteiger partial charge in [-0.2, -0.15) is 4.98 Å². The van der Waals surface area contributed by atoms with Gasteiger partial charge in [0, 0.05) is 24.8 Å². The minimum Gasteiger partial charge on any atom is -0.431 e. The van der Waals surface area contributed by atoms with Crippen LogP contribution in [-0.4, -0.2) is 45.8 Å². The summed E-state index contributed by atoms with van der Waals surface area (Å²) < 4.78 is 16.3. The van der Waals surface area contributed by atoms with E-state index < -0.39 is 17.7 Å². The predicted octanol–water partition coefficient (Wildman–Crippen LogP) is 0.952. The number of hydrogen-bond donors (Lipinski definition) is 0. The normalized spacial score (nSPS) is 33.5. The van der Waals surface area contributed by atoms with E-state index in [1.54, 1.807) is 0 Å². The van der Waals surface area contributed by atoms with Crippen LogP contribution in [0.3, 0.4) is 0 Å². The van der Waals surface area contributed by atoms with E-state index in [2.05, 4.69) is 10.1 Å². The first kappa shape index (κ1) is 13.2. The Morgan fingerprint density at radius 2 is 2.04 bits per heavy atom. The Morgan fingerprint density at radius 1 is 1.22 bits per heavy atom. The third-order valence-electron chi connectivity index (χ3n) is 5.27. The lowest BCUT2D eigenvalue weighted by molar-refractivity contribution is -0.176. The molecular weight excluding hydrogens is 302 g/mol. The minimum atomic E-state index is -1.05. The van der Waals surface area contributed by atoms with E-state index in [0.29, 0.717) is 35.9 Å². The molecular formula is C15H15N3O5. The SMILES string of the molecule is CN1C2CCC13OC(=O)C(=O)OC(=C3c1nc(C3CC3)no1)C2. The molecule has 8 nitrogen and oxygen atoms in total. The van der Waals surface area contributed by atoms with Crippen molar-refractivity contribution in [3.8, 4) is 0 Å². The smallest absolute Gasteiger partial charge is 0.422 e. The average molecular weight is 317 g/mol. The third-order valence-corrected chi connectivity index (χ3v) is 5.27. The van der Waals surface area contributed by atoms with Gasteiger partial charge in [0.05, 0.1) is 0 Å². The Morgan fingerprint density at radius 3 is 2.83 bits per heavy atom. The topological polar surface area (TPSA) is 94.8 Å². The van der Waals surface area contributed by atoms with Gasteiger partial charge in [-0.3, -0.25) is 4.90 Å². The van der Waals surface area contributed by atoms with Crippen LogP contribution in [0.2, 0.25) is 0 Å². The largest absolute Gasteiger partial charge is 0.431 e. The number of ether oxygens (including phenoxy) is 2. The summed E-state index contributed by atoms with van der Waals surface area (Å²) >= 11 is 0. The number of hydrogen-bond acceptors (Lipinski definition) is 8. The van der Waals surface area contributed by atoms with Gasteiger partial charge < -0.3 is 14.0 Å². The van der Waals surface area contributed by atoms with Crippen molar-refractivity contribution in [2.75, 3.05) is 7.05 Å². The van der Waals surface area contributed by atoms with E-state index in [1.165, 1.54) is 0 Å². The highest BCUT2D eigenvalue weighted by molar-refractivity contribution is 6.30. The van der Waals surface area contributed by atoms with Crippen molar-refractivity contribution >= 4 is 17.5 Å². The summed E-state index contributed by atoms with van der Waals surface area (Å²) in [5.74, 6) is -0.239. The van der Waals surface area contributed by atoms with Gasteiger partial charge in [-0.25, -0.2) is 9.59 Å². The first-order valence-electron chi connectivity index (χ1n) is 7.84. The molecule has 0 aromatic carbocycles. The molecule has 8 heteroatoms. The van der Waals surface area contributed by atoms with E-state index in [9.17, 15) is 9.59 Å². The summed E-state index contributed by atoms with van der Waals surface area (Å²) in [7, 11) is 1.88. The highest BCUT2D eigenvalue weighted by atomic mass is 16.6. The van der Waals surface area contributed by atoms with Crippen LogP contribution in [0.4, 0.5) is 0 Å². The molecule has 2 fully saturated rings. The number of carbonyl (C=O) groups excluding carboxylic acids is 2. The molecule has 4 aliphatic rings. The molecule has 23 heavy (non-hydrogen) atoms.